The van der Waals surface area contributed by atoms with Crippen LogP contribution in [0.4, 0.5) is 4.39 Å². The first-order valence-electron chi connectivity index (χ1n) is 8.81. The minimum Gasteiger partial charge on any atom is -0.492 e. The average Bonchev–Trinajstić information content (AvgIpc) is 2.69. The fourth-order valence-corrected chi connectivity index (χ4v) is 2.52. The van der Waals surface area contributed by atoms with E-state index >= 15 is 0 Å². The zero-order chi connectivity index (χ0) is 19.9. The largest absolute Gasteiger partial charge is 0.492 e. The average molecular weight is 381 g/mol. The number of carbonyl (C=O) groups is 1. The third kappa shape index (κ3) is 5.26. The molecule has 0 fully saturated rings. The zero-order valence-electron chi connectivity index (χ0n) is 15.4. The highest BCUT2D eigenvalue weighted by molar-refractivity contribution is 5.75. The van der Waals surface area contributed by atoms with Crippen molar-refractivity contribution in [2.45, 2.75) is 13.5 Å². The molecule has 28 heavy (non-hydrogen) atoms. The Morgan fingerprint density at radius 1 is 1.07 bits per heavy atom. The third-order valence-corrected chi connectivity index (χ3v) is 4.01. The van der Waals surface area contributed by atoms with Gasteiger partial charge in [0.15, 0.2) is 0 Å². The number of nitrogens with one attached hydrogen (secondary N) is 1. The number of carbonyl (C=O) groups excluding carboxylic acids is 1. The first-order chi connectivity index (χ1) is 13.5. The van der Waals surface area contributed by atoms with E-state index in [9.17, 15) is 14.0 Å². The molecule has 0 saturated carbocycles. The van der Waals surface area contributed by atoms with Crippen molar-refractivity contribution >= 4 is 5.91 Å². The zero-order valence-corrected chi connectivity index (χ0v) is 15.4. The number of amides is 1. The Labute approximate surface area is 161 Å². The van der Waals surface area contributed by atoms with E-state index < -0.39 is 5.56 Å². The second-order valence-corrected chi connectivity index (χ2v) is 6.23. The molecular weight excluding hydrogens is 361 g/mol. The molecule has 1 heterocycles. The van der Waals surface area contributed by atoms with Gasteiger partial charge >= 0.3 is 0 Å². The van der Waals surface area contributed by atoms with Crippen LogP contribution in [0.3, 0.4) is 0 Å². The smallest absolute Gasteiger partial charge is 0.267 e. The number of benzene rings is 2. The van der Waals surface area contributed by atoms with Crippen LogP contribution in [-0.2, 0) is 11.3 Å². The van der Waals surface area contributed by atoms with Gasteiger partial charge in [0.1, 0.15) is 24.7 Å². The molecule has 7 heteroatoms. The number of aromatic nitrogens is 2. The summed E-state index contributed by atoms with van der Waals surface area (Å²) in [5.41, 5.74) is 1.88. The lowest BCUT2D eigenvalue weighted by molar-refractivity contribution is -0.122. The number of ether oxygens (including phenoxy) is 1. The fraction of sp³-hybridized carbons (Fsp3) is 0.190. The first-order valence-corrected chi connectivity index (χ1v) is 8.81. The molecule has 0 aliphatic rings. The van der Waals surface area contributed by atoms with Gasteiger partial charge in [-0.3, -0.25) is 9.59 Å². The highest BCUT2D eigenvalue weighted by atomic mass is 19.1. The molecule has 0 aliphatic heterocycles. The topological polar surface area (TPSA) is 73.2 Å². The normalized spacial score (nSPS) is 10.5. The van der Waals surface area contributed by atoms with Gasteiger partial charge in [-0.25, -0.2) is 9.07 Å². The van der Waals surface area contributed by atoms with Gasteiger partial charge in [-0.1, -0.05) is 17.7 Å². The van der Waals surface area contributed by atoms with Gasteiger partial charge in [-0.05, 0) is 49.4 Å². The standard InChI is InChI=1S/C21H20FN3O3/c1-15-2-8-18(9-3-15)28-13-12-23-20(26)14-25-21(27)11-10-19(24-25)16-4-6-17(22)7-5-16/h2-11H,12-14H2,1H3,(H,23,26). The molecule has 3 aromatic rings. The lowest BCUT2D eigenvalue weighted by atomic mass is 10.1. The van der Waals surface area contributed by atoms with Gasteiger partial charge in [0.25, 0.3) is 5.56 Å². The summed E-state index contributed by atoms with van der Waals surface area (Å²) >= 11 is 0. The molecule has 0 aliphatic carbocycles. The minimum absolute atomic E-state index is 0.210. The molecule has 1 N–H and O–H groups in total. The minimum atomic E-state index is -0.392. The molecule has 1 aromatic heterocycles. The summed E-state index contributed by atoms with van der Waals surface area (Å²) in [6.07, 6.45) is 0. The molecule has 2 aromatic carbocycles. The van der Waals surface area contributed by atoms with Crippen molar-refractivity contribution in [3.05, 3.63) is 82.4 Å². The van der Waals surface area contributed by atoms with E-state index in [4.69, 9.17) is 4.74 Å². The van der Waals surface area contributed by atoms with Crippen LogP contribution in [0.2, 0.25) is 0 Å². The molecular formula is C21H20FN3O3. The van der Waals surface area contributed by atoms with Crippen LogP contribution >= 0.6 is 0 Å². The second-order valence-electron chi connectivity index (χ2n) is 6.23. The monoisotopic (exact) mass is 381 g/mol. The maximum atomic E-state index is 13.1. The second kappa shape index (κ2) is 8.94. The van der Waals surface area contributed by atoms with Crippen LogP contribution < -0.4 is 15.6 Å². The van der Waals surface area contributed by atoms with Gasteiger partial charge < -0.3 is 10.1 Å². The quantitative estimate of drug-likeness (QED) is 0.639. The van der Waals surface area contributed by atoms with Crippen LogP contribution in [0.15, 0.2) is 65.5 Å². The predicted octanol–water partition coefficient (Wildman–Crippen LogP) is 2.55. The highest BCUT2D eigenvalue weighted by Crippen LogP contribution is 2.15. The first kappa shape index (κ1) is 19.3. The van der Waals surface area contributed by atoms with Crippen molar-refractivity contribution < 1.29 is 13.9 Å². The number of rotatable bonds is 7. The summed E-state index contributed by atoms with van der Waals surface area (Å²) in [6.45, 7) is 2.40. The van der Waals surface area contributed by atoms with Gasteiger partial charge in [0.2, 0.25) is 5.91 Å². The molecule has 1 amide bonds. The van der Waals surface area contributed by atoms with E-state index in [1.54, 1.807) is 18.2 Å². The molecule has 3 rings (SSSR count). The summed E-state index contributed by atoms with van der Waals surface area (Å²) in [4.78, 5) is 24.1. The van der Waals surface area contributed by atoms with Crippen molar-refractivity contribution in [3.63, 3.8) is 0 Å². The molecule has 0 radical (unpaired) electrons. The lowest BCUT2D eigenvalue weighted by Crippen LogP contribution is -2.35. The number of nitrogens with zero attached hydrogens (tertiary/aromatic N) is 2. The van der Waals surface area contributed by atoms with Gasteiger partial charge in [-0.2, -0.15) is 5.10 Å². The summed E-state index contributed by atoms with van der Waals surface area (Å²) in [6, 6.07) is 16.2. The molecule has 0 bridgehead atoms. The Morgan fingerprint density at radius 2 is 1.79 bits per heavy atom. The van der Waals surface area contributed by atoms with Crippen molar-refractivity contribution in [2.24, 2.45) is 0 Å². The van der Waals surface area contributed by atoms with E-state index in [-0.39, 0.29) is 18.3 Å². The summed E-state index contributed by atoms with van der Waals surface area (Å²) in [5, 5.41) is 6.88. The van der Waals surface area contributed by atoms with Gasteiger partial charge in [0.05, 0.1) is 12.2 Å². The Kier molecular flexibility index (Phi) is 6.16. The van der Waals surface area contributed by atoms with Crippen LogP contribution in [0, 0.1) is 12.7 Å². The maximum Gasteiger partial charge on any atom is 0.267 e. The van der Waals surface area contributed by atoms with Crippen molar-refractivity contribution in [1.82, 2.24) is 15.1 Å². The SMILES string of the molecule is Cc1ccc(OCCNC(=O)Cn2nc(-c3ccc(F)cc3)ccc2=O)cc1. The third-order valence-electron chi connectivity index (χ3n) is 4.01. The molecule has 0 atom stereocenters. The highest BCUT2D eigenvalue weighted by Gasteiger charge is 2.08. The van der Waals surface area contributed by atoms with Gasteiger partial charge in [-0.15, -0.1) is 0 Å². The summed E-state index contributed by atoms with van der Waals surface area (Å²) in [7, 11) is 0. The molecule has 6 nitrogen and oxygen atoms in total. The van der Waals surface area contributed by atoms with Crippen molar-refractivity contribution in [2.75, 3.05) is 13.2 Å². The maximum absolute atomic E-state index is 13.1. The van der Waals surface area contributed by atoms with Crippen LogP contribution in [0.5, 0.6) is 5.75 Å². The summed E-state index contributed by atoms with van der Waals surface area (Å²) < 4.78 is 19.7. The number of aryl methyl sites for hydroxylation is 1. The van der Waals surface area contributed by atoms with Crippen LogP contribution in [0.25, 0.3) is 11.3 Å². The van der Waals surface area contributed by atoms with E-state index in [1.165, 1.54) is 18.2 Å². The fourth-order valence-electron chi connectivity index (χ4n) is 2.52. The Morgan fingerprint density at radius 3 is 2.50 bits per heavy atom. The molecule has 144 valence electrons. The Balaban J connectivity index is 1.54. The van der Waals surface area contributed by atoms with E-state index in [2.05, 4.69) is 10.4 Å². The lowest BCUT2D eigenvalue weighted by Gasteiger charge is -2.09. The Hall–Kier alpha value is -3.48. The van der Waals surface area contributed by atoms with E-state index in [0.29, 0.717) is 24.4 Å². The van der Waals surface area contributed by atoms with Crippen LogP contribution in [0.1, 0.15) is 5.56 Å². The molecule has 0 saturated heterocycles. The predicted molar refractivity (Wildman–Crippen MR) is 104 cm³/mol. The van der Waals surface area contributed by atoms with Gasteiger partial charge in [0, 0.05) is 11.6 Å². The van der Waals surface area contributed by atoms with Crippen molar-refractivity contribution in [3.8, 4) is 17.0 Å². The Bertz CT molecular complexity index is 999. The molecule has 0 spiro atoms. The van der Waals surface area contributed by atoms with E-state index in [0.717, 1.165) is 16.0 Å². The number of hydrogen-bond acceptors (Lipinski definition) is 4. The van der Waals surface area contributed by atoms with Crippen molar-refractivity contribution in [1.29, 1.82) is 0 Å². The van der Waals surface area contributed by atoms with Crippen LogP contribution in [-0.4, -0.2) is 28.8 Å². The number of hydrogen-bond donors (Lipinski definition) is 1. The molecule has 0 unspecified atom stereocenters. The van der Waals surface area contributed by atoms with E-state index in [1.807, 2.05) is 31.2 Å². The summed E-state index contributed by atoms with van der Waals surface area (Å²) in [5.74, 6) is 0.0207. The number of halogens is 1.